The first-order valence-electron chi connectivity index (χ1n) is 5.35. The monoisotopic (exact) mass is 234 g/mol. The number of hydrogen-bond donors (Lipinski definition) is 1. The molecule has 5 nitrogen and oxygen atoms in total. The molecule has 1 atom stereocenters. The van der Waals surface area contributed by atoms with E-state index in [1.54, 1.807) is 0 Å². The van der Waals surface area contributed by atoms with E-state index in [0.717, 1.165) is 16.9 Å². The third kappa shape index (κ3) is 2.62. The summed E-state index contributed by atoms with van der Waals surface area (Å²) in [4.78, 5) is 14.9. The number of rotatable bonds is 4. The fourth-order valence-electron chi connectivity index (χ4n) is 1.51. The first-order chi connectivity index (χ1) is 8.06. The SMILES string of the molecule is Cc1ccc2nc(CO[C@H](C)C(=O)O)cn2c1. The normalized spacial score (nSPS) is 12.8. The van der Waals surface area contributed by atoms with Gasteiger partial charge < -0.3 is 14.2 Å². The van der Waals surface area contributed by atoms with Crippen LogP contribution in [-0.4, -0.2) is 26.6 Å². The van der Waals surface area contributed by atoms with E-state index in [9.17, 15) is 4.79 Å². The Morgan fingerprint density at radius 2 is 2.29 bits per heavy atom. The topological polar surface area (TPSA) is 63.8 Å². The molecule has 2 aromatic heterocycles. The number of pyridine rings is 1. The number of carbonyl (C=O) groups is 1. The van der Waals surface area contributed by atoms with Crippen molar-refractivity contribution in [3.8, 4) is 0 Å². The second-order valence-corrected chi connectivity index (χ2v) is 4.00. The van der Waals surface area contributed by atoms with E-state index in [1.165, 1.54) is 6.92 Å². The average Bonchev–Trinajstić information content (AvgIpc) is 2.67. The first-order valence-corrected chi connectivity index (χ1v) is 5.35. The zero-order valence-electron chi connectivity index (χ0n) is 9.75. The summed E-state index contributed by atoms with van der Waals surface area (Å²) in [7, 11) is 0. The van der Waals surface area contributed by atoms with Crippen LogP contribution in [0.25, 0.3) is 5.65 Å². The number of aliphatic carboxylic acids is 1. The van der Waals surface area contributed by atoms with Crippen LogP contribution in [0.5, 0.6) is 0 Å². The maximum Gasteiger partial charge on any atom is 0.332 e. The maximum absolute atomic E-state index is 10.6. The lowest BCUT2D eigenvalue weighted by Gasteiger charge is -2.05. The molecule has 0 aromatic carbocycles. The number of hydrogen-bond acceptors (Lipinski definition) is 3. The highest BCUT2D eigenvalue weighted by atomic mass is 16.5. The summed E-state index contributed by atoms with van der Waals surface area (Å²) >= 11 is 0. The fourth-order valence-corrected chi connectivity index (χ4v) is 1.51. The minimum Gasteiger partial charge on any atom is -0.479 e. The largest absolute Gasteiger partial charge is 0.479 e. The van der Waals surface area contributed by atoms with Crippen molar-refractivity contribution in [2.75, 3.05) is 0 Å². The average molecular weight is 234 g/mol. The van der Waals surface area contributed by atoms with Crippen molar-refractivity contribution in [1.29, 1.82) is 0 Å². The quantitative estimate of drug-likeness (QED) is 0.873. The smallest absolute Gasteiger partial charge is 0.332 e. The van der Waals surface area contributed by atoms with E-state index in [1.807, 2.05) is 35.9 Å². The minimum atomic E-state index is -0.968. The van der Waals surface area contributed by atoms with Gasteiger partial charge in [-0.15, -0.1) is 0 Å². The van der Waals surface area contributed by atoms with E-state index < -0.39 is 12.1 Å². The molecule has 0 unspecified atom stereocenters. The summed E-state index contributed by atoms with van der Waals surface area (Å²) in [6.07, 6.45) is 2.99. The number of aryl methyl sites for hydroxylation is 1. The molecular formula is C12H14N2O3. The Labute approximate surface area is 98.7 Å². The molecule has 0 radical (unpaired) electrons. The Morgan fingerprint density at radius 1 is 1.53 bits per heavy atom. The third-order valence-electron chi connectivity index (χ3n) is 2.48. The van der Waals surface area contributed by atoms with E-state index >= 15 is 0 Å². The highest BCUT2D eigenvalue weighted by Crippen LogP contribution is 2.09. The first kappa shape index (κ1) is 11.6. The van der Waals surface area contributed by atoms with Crippen molar-refractivity contribution in [2.45, 2.75) is 26.6 Å². The Morgan fingerprint density at radius 3 is 3.00 bits per heavy atom. The molecule has 2 heterocycles. The summed E-state index contributed by atoms with van der Waals surface area (Å²) in [5, 5.41) is 8.69. The lowest BCUT2D eigenvalue weighted by Crippen LogP contribution is -2.19. The molecule has 2 rings (SSSR count). The number of carboxylic acid groups (broad SMARTS) is 1. The molecule has 0 amide bonds. The van der Waals surface area contributed by atoms with Gasteiger partial charge in [-0.3, -0.25) is 0 Å². The van der Waals surface area contributed by atoms with Gasteiger partial charge in [-0.05, 0) is 25.5 Å². The number of imidazole rings is 1. The van der Waals surface area contributed by atoms with Crippen LogP contribution in [0.2, 0.25) is 0 Å². The van der Waals surface area contributed by atoms with Gasteiger partial charge in [0.1, 0.15) is 5.65 Å². The van der Waals surface area contributed by atoms with Crippen LogP contribution in [0.15, 0.2) is 24.5 Å². The van der Waals surface area contributed by atoms with Crippen LogP contribution in [0.3, 0.4) is 0 Å². The van der Waals surface area contributed by atoms with Gasteiger partial charge in [0.2, 0.25) is 0 Å². The van der Waals surface area contributed by atoms with Gasteiger partial charge in [-0.25, -0.2) is 9.78 Å². The van der Waals surface area contributed by atoms with Crippen LogP contribution < -0.4 is 0 Å². The van der Waals surface area contributed by atoms with Crippen LogP contribution >= 0.6 is 0 Å². The third-order valence-corrected chi connectivity index (χ3v) is 2.48. The van der Waals surface area contributed by atoms with Crippen LogP contribution in [0.1, 0.15) is 18.2 Å². The van der Waals surface area contributed by atoms with Gasteiger partial charge >= 0.3 is 5.97 Å². The van der Waals surface area contributed by atoms with E-state index in [-0.39, 0.29) is 6.61 Å². The number of aromatic nitrogens is 2. The van der Waals surface area contributed by atoms with Gasteiger partial charge in [0.05, 0.1) is 12.3 Å². The molecule has 0 saturated heterocycles. The molecule has 0 saturated carbocycles. The standard InChI is InChI=1S/C12H14N2O3/c1-8-3-4-11-13-10(6-14(11)5-8)7-17-9(2)12(15)16/h3-6,9H,7H2,1-2H3,(H,15,16)/t9-/m1/s1. The van der Waals surface area contributed by atoms with E-state index in [2.05, 4.69) is 4.98 Å². The number of nitrogens with zero attached hydrogens (tertiary/aromatic N) is 2. The number of fused-ring (bicyclic) bond motifs is 1. The molecule has 5 heteroatoms. The van der Waals surface area contributed by atoms with Gasteiger partial charge in [-0.1, -0.05) is 6.07 Å². The second kappa shape index (κ2) is 4.55. The van der Waals surface area contributed by atoms with Gasteiger partial charge in [0.15, 0.2) is 6.10 Å². The van der Waals surface area contributed by atoms with Crippen LogP contribution in [-0.2, 0) is 16.1 Å². The van der Waals surface area contributed by atoms with Gasteiger partial charge in [-0.2, -0.15) is 0 Å². The van der Waals surface area contributed by atoms with Crippen molar-refractivity contribution in [3.63, 3.8) is 0 Å². The molecule has 0 fully saturated rings. The summed E-state index contributed by atoms with van der Waals surface area (Å²) < 4.78 is 7.08. The molecule has 0 aliphatic carbocycles. The summed E-state index contributed by atoms with van der Waals surface area (Å²) in [6.45, 7) is 3.71. The summed E-state index contributed by atoms with van der Waals surface area (Å²) in [6, 6.07) is 3.90. The molecule has 90 valence electrons. The predicted octanol–water partition coefficient (Wildman–Crippen LogP) is 1.63. The van der Waals surface area contributed by atoms with Gasteiger partial charge in [0.25, 0.3) is 0 Å². The summed E-state index contributed by atoms with van der Waals surface area (Å²) in [5.74, 6) is -0.968. The van der Waals surface area contributed by atoms with Crippen molar-refractivity contribution in [1.82, 2.24) is 9.38 Å². The van der Waals surface area contributed by atoms with Crippen molar-refractivity contribution in [2.24, 2.45) is 0 Å². The predicted molar refractivity (Wildman–Crippen MR) is 61.8 cm³/mol. The van der Waals surface area contributed by atoms with Crippen molar-refractivity contribution >= 4 is 11.6 Å². The zero-order valence-corrected chi connectivity index (χ0v) is 9.75. The zero-order chi connectivity index (χ0) is 12.4. The second-order valence-electron chi connectivity index (χ2n) is 4.00. The molecule has 2 aromatic rings. The van der Waals surface area contributed by atoms with Crippen LogP contribution in [0, 0.1) is 6.92 Å². The Bertz CT molecular complexity index is 548. The Balaban J connectivity index is 2.12. The molecule has 0 bridgehead atoms. The lowest BCUT2D eigenvalue weighted by molar-refractivity contribution is -0.149. The highest BCUT2D eigenvalue weighted by Gasteiger charge is 2.12. The minimum absolute atomic E-state index is 0.203. The van der Waals surface area contributed by atoms with Crippen molar-refractivity contribution in [3.05, 3.63) is 35.8 Å². The molecule has 0 aliphatic rings. The maximum atomic E-state index is 10.6. The van der Waals surface area contributed by atoms with Crippen LogP contribution in [0.4, 0.5) is 0 Å². The molecule has 0 spiro atoms. The van der Waals surface area contributed by atoms with E-state index in [4.69, 9.17) is 9.84 Å². The lowest BCUT2D eigenvalue weighted by atomic mass is 10.3. The van der Waals surface area contributed by atoms with Gasteiger partial charge in [0, 0.05) is 12.4 Å². The van der Waals surface area contributed by atoms with Crippen molar-refractivity contribution < 1.29 is 14.6 Å². The molecule has 0 aliphatic heterocycles. The number of ether oxygens (including phenoxy) is 1. The number of carboxylic acids is 1. The Hall–Kier alpha value is -1.88. The summed E-state index contributed by atoms with van der Waals surface area (Å²) in [5.41, 5.74) is 2.70. The molecular weight excluding hydrogens is 220 g/mol. The Kier molecular flexibility index (Phi) is 3.10. The molecule has 1 N–H and O–H groups in total. The molecule has 17 heavy (non-hydrogen) atoms. The highest BCUT2D eigenvalue weighted by molar-refractivity contribution is 5.71. The van der Waals surface area contributed by atoms with E-state index in [0.29, 0.717) is 0 Å². The fraction of sp³-hybridized carbons (Fsp3) is 0.333.